The molecular weight excluding hydrogens is 414 g/mol. The lowest BCUT2D eigenvalue weighted by Crippen LogP contribution is -2.56. The number of carbonyl (C=O) groups is 2. The molecule has 0 radical (unpaired) electrons. The van der Waals surface area contributed by atoms with Crippen molar-refractivity contribution < 1.29 is 14.3 Å². The van der Waals surface area contributed by atoms with E-state index in [0.717, 1.165) is 22.6 Å². The highest BCUT2D eigenvalue weighted by Gasteiger charge is 2.74. The smallest absolute Gasteiger partial charge is 0.251 e. The van der Waals surface area contributed by atoms with Gasteiger partial charge in [0, 0.05) is 30.4 Å². The van der Waals surface area contributed by atoms with Crippen molar-refractivity contribution in [2.45, 2.75) is 57.4 Å². The van der Waals surface area contributed by atoms with Gasteiger partial charge in [-0.05, 0) is 57.0 Å². The van der Waals surface area contributed by atoms with Crippen LogP contribution in [0.2, 0.25) is 0 Å². The van der Waals surface area contributed by atoms with E-state index in [0.29, 0.717) is 12.1 Å². The van der Waals surface area contributed by atoms with Crippen molar-refractivity contribution in [2.75, 3.05) is 19.1 Å². The molecular formula is C27H31N3O3. The summed E-state index contributed by atoms with van der Waals surface area (Å²) < 4.78 is 5.28. The van der Waals surface area contributed by atoms with E-state index in [2.05, 4.69) is 37.8 Å². The number of amides is 2. The number of hydrogen-bond donors (Lipinski definition) is 0. The standard InChI is InChI=1S/C27H31N3O3/c1-7-19-23(31)29(16-17-12-14-18(33-6)15-13-17)22-24(32)30(26(2,3)4)25-27(19,22)20-10-8-9-11-21(20)28(25)5/h7-15,22,25H,16H2,1-6H3/b19-7-/t22-,25-,27+/m1/s1. The Morgan fingerprint density at radius 3 is 2.33 bits per heavy atom. The topological polar surface area (TPSA) is 53.1 Å². The van der Waals surface area contributed by atoms with E-state index in [4.69, 9.17) is 4.74 Å². The van der Waals surface area contributed by atoms with Gasteiger partial charge < -0.3 is 19.4 Å². The fraction of sp³-hybridized carbons (Fsp3) is 0.407. The summed E-state index contributed by atoms with van der Waals surface area (Å²) in [6.45, 7) is 8.50. The van der Waals surface area contributed by atoms with Gasteiger partial charge >= 0.3 is 0 Å². The van der Waals surface area contributed by atoms with Gasteiger partial charge in [-0.15, -0.1) is 0 Å². The van der Waals surface area contributed by atoms with E-state index in [-0.39, 0.29) is 18.0 Å². The highest BCUT2D eigenvalue weighted by Crippen LogP contribution is 2.61. The van der Waals surface area contributed by atoms with Crippen molar-refractivity contribution in [3.05, 3.63) is 71.3 Å². The molecule has 1 spiro atoms. The predicted molar refractivity (Wildman–Crippen MR) is 128 cm³/mol. The number of allylic oxidation sites excluding steroid dienone is 1. The molecule has 0 unspecified atom stereocenters. The second-order valence-electron chi connectivity index (χ2n) is 10.1. The summed E-state index contributed by atoms with van der Waals surface area (Å²) in [6, 6.07) is 15.3. The van der Waals surface area contributed by atoms with Crippen LogP contribution in [0.1, 0.15) is 38.8 Å². The van der Waals surface area contributed by atoms with Crippen LogP contribution >= 0.6 is 0 Å². The largest absolute Gasteiger partial charge is 0.497 e. The lowest BCUT2D eigenvalue weighted by molar-refractivity contribution is -0.142. The first-order valence-electron chi connectivity index (χ1n) is 11.4. The van der Waals surface area contributed by atoms with Gasteiger partial charge in [-0.2, -0.15) is 0 Å². The summed E-state index contributed by atoms with van der Waals surface area (Å²) in [4.78, 5) is 34.0. The van der Waals surface area contributed by atoms with Crippen molar-refractivity contribution in [2.24, 2.45) is 0 Å². The SMILES string of the molecule is C/C=C1/C(=O)N(Cc2ccc(OC)cc2)[C@@H]2C(=O)N(C(C)(C)C)[C@H]3N(C)c4ccccc4[C@]132. The molecule has 2 aromatic carbocycles. The van der Waals surface area contributed by atoms with Crippen LogP contribution in [0, 0.1) is 0 Å². The number of fused-ring (bicyclic) bond motifs is 1. The van der Waals surface area contributed by atoms with Crippen LogP contribution < -0.4 is 9.64 Å². The predicted octanol–water partition coefficient (Wildman–Crippen LogP) is 3.71. The maximum Gasteiger partial charge on any atom is 0.251 e. The zero-order chi connectivity index (χ0) is 23.7. The summed E-state index contributed by atoms with van der Waals surface area (Å²) in [5.74, 6) is 0.710. The molecule has 3 aliphatic rings. The monoisotopic (exact) mass is 445 g/mol. The van der Waals surface area contributed by atoms with Crippen molar-refractivity contribution in [3.8, 4) is 5.75 Å². The quantitative estimate of drug-likeness (QED) is 0.676. The molecule has 3 atom stereocenters. The third-order valence-corrected chi connectivity index (χ3v) is 7.42. The minimum absolute atomic E-state index is 0.00700. The van der Waals surface area contributed by atoms with E-state index in [1.807, 2.05) is 61.3 Å². The minimum Gasteiger partial charge on any atom is -0.497 e. The number of para-hydroxylation sites is 1. The van der Waals surface area contributed by atoms with E-state index in [1.165, 1.54) is 0 Å². The Hall–Kier alpha value is -3.28. The lowest BCUT2D eigenvalue weighted by atomic mass is 9.72. The molecule has 33 heavy (non-hydrogen) atoms. The second-order valence-corrected chi connectivity index (χ2v) is 10.1. The Morgan fingerprint density at radius 2 is 1.73 bits per heavy atom. The normalized spacial score (nSPS) is 27.3. The molecule has 172 valence electrons. The molecule has 2 fully saturated rings. The number of likely N-dealkylation sites (N-methyl/N-ethyl adjacent to an activating group) is 1. The van der Waals surface area contributed by atoms with Crippen LogP contribution in [0.25, 0.3) is 0 Å². The van der Waals surface area contributed by atoms with Crippen molar-refractivity contribution >= 4 is 17.5 Å². The first-order valence-corrected chi connectivity index (χ1v) is 11.4. The molecule has 5 rings (SSSR count). The molecule has 6 heteroatoms. The van der Waals surface area contributed by atoms with Gasteiger partial charge in [0.05, 0.1) is 12.5 Å². The Bertz CT molecular complexity index is 1160. The van der Waals surface area contributed by atoms with E-state index in [1.54, 1.807) is 12.0 Å². The average Bonchev–Trinajstić information content (AvgIpc) is 3.30. The lowest BCUT2D eigenvalue weighted by Gasteiger charge is -2.42. The minimum atomic E-state index is -0.728. The second kappa shape index (κ2) is 7.11. The molecule has 2 saturated heterocycles. The fourth-order valence-corrected chi connectivity index (χ4v) is 6.23. The van der Waals surface area contributed by atoms with Gasteiger partial charge in [0.25, 0.3) is 5.91 Å². The van der Waals surface area contributed by atoms with Crippen LogP contribution in [-0.4, -0.2) is 53.5 Å². The van der Waals surface area contributed by atoms with Crippen LogP contribution in [0.4, 0.5) is 5.69 Å². The number of rotatable bonds is 3. The summed E-state index contributed by atoms with van der Waals surface area (Å²) in [7, 11) is 3.67. The maximum absolute atomic E-state index is 14.2. The molecule has 2 amide bonds. The molecule has 0 bridgehead atoms. The summed E-state index contributed by atoms with van der Waals surface area (Å²) in [6.07, 6.45) is 1.66. The third kappa shape index (κ3) is 2.66. The van der Waals surface area contributed by atoms with Gasteiger partial charge in [0.15, 0.2) is 0 Å². The van der Waals surface area contributed by atoms with Gasteiger partial charge in [-0.3, -0.25) is 9.59 Å². The number of benzene rings is 2. The third-order valence-electron chi connectivity index (χ3n) is 7.42. The van der Waals surface area contributed by atoms with Gasteiger partial charge in [-0.1, -0.05) is 36.4 Å². The Labute approximate surface area is 195 Å². The summed E-state index contributed by atoms with van der Waals surface area (Å²) in [5.41, 5.74) is 2.68. The van der Waals surface area contributed by atoms with Crippen LogP contribution in [0.5, 0.6) is 5.75 Å². The van der Waals surface area contributed by atoms with Crippen LogP contribution in [0.15, 0.2) is 60.2 Å². The van der Waals surface area contributed by atoms with Crippen molar-refractivity contribution in [3.63, 3.8) is 0 Å². The maximum atomic E-state index is 14.2. The first kappa shape index (κ1) is 21.6. The van der Waals surface area contributed by atoms with Gasteiger partial charge in [0.2, 0.25) is 5.91 Å². The number of methoxy groups -OCH3 is 1. The zero-order valence-corrected chi connectivity index (χ0v) is 20.1. The number of likely N-dealkylation sites (tertiary alicyclic amines) is 2. The summed E-state index contributed by atoms with van der Waals surface area (Å²) >= 11 is 0. The molecule has 0 N–H and O–H groups in total. The first-order chi connectivity index (χ1) is 15.7. The van der Waals surface area contributed by atoms with Gasteiger partial charge in [0.1, 0.15) is 18.0 Å². The highest BCUT2D eigenvalue weighted by atomic mass is 16.5. The highest BCUT2D eigenvalue weighted by molar-refractivity contribution is 6.10. The van der Waals surface area contributed by atoms with E-state index >= 15 is 0 Å². The molecule has 0 aliphatic carbocycles. The number of ether oxygens (including phenoxy) is 1. The Morgan fingerprint density at radius 1 is 1.06 bits per heavy atom. The number of anilines is 1. The van der Waals surface area contributed by atoms with Crippen molar-refractivity contribution in [1.29, 1.82) is 0 Å². The Kier molecular flexibility index (Phi) is 4.64. The fourth-order valence-electron chi connectivity index (χ4n) is 6.23. The Balaban J connectivity index is 1.71. The zero-order valence-electron chi connectivity index (χ0n) is 20.1. The molecule has 0 saturated carbocycles. The molecule has 2 aromatic rings. The van der Waals surface area contributed by atoms with E-state index < -0.39 is 17.0 Å². The molecule has 6 nitrogen and oxygen atoms in total. The number of hydrogen-bond acceptors (Lipinski definition) is 4. The van der Waals surface area contributed by atoms with Crippen molar-refractivity contribution in [1.82, 2.24) is 9.80 Å². The van der Waals surface area contributed by atoms with Crippen LogP contribution in [0.3, 0.4) is 0 Å². The number of carbonyl (C=O) groups excluding carboxylic acids is 2. The average molecular weight is 446 g/mol. The van der Waals surface area contributed by atoms with E-state index in [9.17, 15) is 9.59 Å². The van der Waals surface area contributed by atoms with Crippen LogP contribution in [-0.2, 0) is 21.5 Å². The molecule has 0 aromatic heterocycles. The van der Waals surface area contributed by atoms with Gasteiger partial charge in [-0.25, -0.2) is 0 Å². The molecule has 3 heterocycles. The number of nitrogens with zero attached hydrogens (tertiary/aromatic N) is 3. The summed E-state index contributed by atoms with van der Waals surface area (Å²) in [5, 5.41) is 0. The molecule has 3 aliphatic heterocycles.